The minimum Gasteiger partial charge on any atom is -0.391 e. The smallest absolute Gasteiger partial charge is 0.285 e. The molecule has 1 aromatic rings. The summed E-state index contributed by atoms with van der Waals surface area (Å²) < 4.78 is 26.1. The summed E-state index contributed by atoms with van der Waals surface area (Å²) in [4.78, 5) is 23.0. The van der Waals surface area contributed by atoms with Gasteiger partial charge in [0.25, 0.3) is 11.6 Å². The fourth-order valence-electron chi connectivity index (χ4n) is 1.96. The Balaban J connectivity index is 2.40. The molecule has 1 aliphatic rings. The maximum atomic E-state index is 13.1. The van der Waals surface area contributed by atoms with Gasteiger partial charge in [0.05, 0.1) is 17.1 Å². The molecule has 0 bridgehead atoms. The lowest BCUT2D eigenvalue weighted by Gasteiger charge is -2.15. The van der Waals surface area contributed by atoms with Crippen LogP contribution in [0, 0.1) is 21.7 Å². The van der Waals surface area contributed by atoms with Crippen molar-refractivity contribution in [2.45, 2.75) is 12.5 Å². The molecule has 1 aliphatic heterocycles. The molecule has 1 amide bonds. The lowest BCUT2D eigenvalue weighted by Crippen LogP contribution is -2.30. The first-order valence-corrected chi connectivity index (χ1v) is 5.51. The highest BCUT2D eigenvalue weighted by Gasteiger charge is 2.31. The van der Waals surface area contributed by atoms with Crippen molar-refractivity contribution in [3.8, 4) is 0 Å². The molecule has 0 spiro atoms. The van der Waals surface area contributed by atoms with Crippen LogP contribution in [-0.4, -0.2) is 40.0 Å². The van der Waals surface area contributed by atoms with Crippen LogP contribution in [0.4, 0.5) is 14.5 Å². The number of nitrogens with zero attached hydrogens (tertiary/aromatic N) is 2. The Morgan fingerprint density at radius 3 is 2.58 bits per heavy atom. The van der Waals surface area contributed by atoms with Crippen LogP contribution >= 0.6 is 0 Å². The number of likely N-dealkylation sites (tertiary alicyclic amines) is 1. The summed E-state index contributed by atoms with van der Waals surface area (Å²) in [5, 5.41) is 20.1. The van der Waals surface area contributed by atoms with Crippen molar-refractivity contribution in [3.05, 3.63) is 39.4 Å². The highest BCUT2D eigenvalue weighted by molar-refractivity contribution is 5.98. The van der Waals surface area contributed by atoms with E-state index < -0.39 is 39.8 Å². The molecular formula is C11H10F2N2O4. The number of aliphatic hydroxyl groups is 1. The number of amides is 1. The number of nitro groups is 1. The average molecular weight is 272 g/mol. The standard InChI is InChI=1S/C11H10F2N2O4/c12-8-3-7(10(15(18)19)4-9(8)13)11(17)14-2-1-6(16)5-14/h3-4,6,16H,1-2,5H2/t6-/m0/s1. The molecule has 0 aliphatic carbocycles. The molecule has 0 aromatic heterocycles. The number of aliphatic hydroxyl groups excluding tert-OH is 1. The highest BCUT2D eigenvalue weighted by atomic mass is 19.2. The summed E-state index contributed by atoms with van der Waals surface area (Å²) in [5.74, 6) is -3.50. The third-order valence-electron chi connectivity index (χ3n) is 2.92. The van der Waals surface area contributed by atoms with E-state index in [1.54, 1.807) is 0 Å². The van der Waals surface area contributed by atoms with Gasteiger partial charge in [-0.25, -0.2) is 8.78 Å². The third-order valence-corrected chi connectivity index (χ3v) is 2.92. The first-order chi connectivity index (χ1) is 8.90. The van der Waals surface area contributed by atoms with Crippen LogP contribution in [0.15, 0.2) is 12.1 Å². The normalized spacial score (nSPS) is 18.7. The summed E-state index contributed by atoms with van der Waals surface area (Å²) >= 11 is 0. The Morgan fingerprint density at radius 2 is 2.05 bits per heavy atom. The molecule has 0 radical (unpaired) electrons. The van der Waals surface area contributed by atoms with Crippen molar-refractivity contribution in [3.63, 3.8) is 0 Å². The Bertz CT molecular complexity index is 550. The number of hydrogen-bond acceptors (Lipinski definition) is 4. The predicted molar refractivity (Wildman–Crippen MR) is 59.5 cm³/mol. The van der Waals surface area contributed by atoms with Crippen molar-refractivity contribution < 1.29 is 23.6 Å². The van der Waals surface area contributed by atoms with E-state index in [1.165, 1.54) is 4.90 Å². The SMILES string of the molecule is O=C(c1cc(F)c(F)cc1[N+](=O)[O-])N1CC[C@H](O)C1. The van der Waals surface area contributed by atoms with Crippen LogP contribution in [0.25, 0.3) is 0 Å². The van der Waals surface area contributed by atoms with E-state index in [2.05, 4.69) is 0 Å². The van der Waals surface area contributed by atoms with E-state index >= 15 is 0 Å². The number of β-amino-alcohol motifs (C(OH)–C–C–N with tert-alkyl or cyclic N) is 1. The maximum Gasteiger partial charge on any atom is 0.285 e. The molecule has 102 valence electrons. The van der Waals surface area contributed by atoms with Gasteiger partial charge in [0.15, 0.2) is 11.6 Å². The average Bonchev–Trinajstić information content (AvgIpc) is 2.77. The van der Waals surface area contributed by atoms with Crippen LogP contribution in [0.5, 0.6) is 0 Å². The van der Waals surface area contributed by atoms with Crippen molar-refractivity contribution in [2.75, 3.05) is 13.1 Å². The molecule has 1 N–H and O–H groups in total. The lowest BCUT2D eigenvalue weighted by atomic mass is 10.1. The fourth-order valence-corrected chi connectivity index (χ4v) is 1.96. The van der Waals surface area contributed by atoms with Gasteiger partial charge in [0.2, 0.25) is 0 Å². The number of rotatable bonds is 2. The molecule has 1 atom stereocenters. The quantitative estimate of drug-likeness (QED) is 0.645. The topological polar surface area (TPSA) is 83.7 Å². The molecule has 1 heterocycles. The number of nitro benzene ring substituents is 1. The van der Waals surface area contributed by atoms with Gasteiger partial charge in [0.1, 0.15) is 5.56 Å². The van der Waals surface area contributed by atoms with E-state index in [1.807, 2.05) is 0 Å². The minimum absolute atomic E-state index is 0.0228. The van der Waals surface area contributed by atoms with Gasteiger partial charge in [-0.3, -0.25) is 14.9 Å². The van der Waals surface area contributed by atoms with Crippen LogP contribution < -0.4 is 0 Å². The van der Waals surface area contributed by atoms with Crippen LogP contribution in [0.2, 0.25) is 0 Å². The van der Waals surface area contributed by atoms with Crippen molar-refractivity contribution >= 4 is 11.6 Å². The number of halogens is 2. The molecule has 2 rings (SSSR count). The van der Waals surface area contributed by atoms with E-state index in [9.17, 15) is 28.8 Å². The Kier molecular flexibility index (Phi) is 3.43. The summed E-state index contributed by atoms with van der Waals surface area (Å²) in [6.45, 7) is 0.241. The van der Waals surface area contributed by atoms with Crippen LogP contribution in [-0.2, 0) is 0 Å². The van der Waals surface area contributed by atoms with Crippen molar-refractivity contribution in [1.29, 1.82) is 0 Å². The van der Waals surface area contributed by atoms with Gasteiger partial charge in [-0.15, -0.1) is 0 Å². The first kappa shape index (κ1) is 13.3. The van der Waals surface area contributed by atoms with Gasteiger partial charge in [-0.1, -0.05) is 0 Å². The Hall–Kier alpha value is -2.09. The number of benzene rings is 1. The van der Waals surface area contributed by atoms with Crippen molar-refractivity contribution in [2.24, 2.45) is 0 Å². The molecule has 19 heavy (non-hydrogen) atoms. The second kappa shape index (κ2) is 4.88. The van der Waals surface area contributed by atoms with E-state index in [0.717, 1.165) is 0 Å². The van der Waals surface area contributed by atoms with Crippen LogP contribution in [0.1, 0.15) is 16.8 Å². The van der Waals surface area contributed by atoms with Crippen LogP contribution in [0.3, 0.4) is 0 Å². The van der Waals surface area contributed by atoms with Gasteiger partial charge in [0, 0.05) is 13.1 Å². The molecule has 8 heteroatoms. The number of hydrogen-bond donors (Lipinski definition) is 1. The zero-order chi connectivity index (χ0) is 14.2. The largest absolute Gasteiger partial charge is 0.391 e. The van der Waals surface area contributed by atoms with E-state index in [-0.39, 0.29) is 13.1 Å². The molecular weight excluding hydrogens is 262 g/mol. The Morgan fingerprint density at radius 1 is 1.42 bits per heavy atom. The molecule has 1 saturated heterocycles. The maximum absolute atomic E-state index is 13.1. The molecule has 0 unspecified atom stereocenters. The van der Waals surface area contributed by atoms with E-state index in [4.69, 9.17) is 0 Å². The summed E-state index contributed by atoms with van der Waals surface area (Å²) in [6.07, 6.45) is -0.350. The number of carbonyl (C=O) groups is 1. The summed E-state index contributed by atoms with van der Waals surface area (Å²) in [6, 6.07) is 0.898. The summed E-state index contributed by atoms with van der Waals surface area (Å²) in [7, 11) is 0. The first-order valence-electron chi connectivity index (χ1n) is 5.51. The second-order valence-electron chi connectivity index (χ2n) is 4.23. The van der Waals surface area contributed by atoms with E-state index in [0.29, 0.717) is 18.6 Å². The highest BCUT2D eigenvalue weighted by Crippen LogP contribution is 2.25. The van der Waals surface area contributed by atoms with Crippen molar-refractivity contribution in [1.82, 2.24) is 4.90 Å². The Labute approximate surface area is 106 Å². The zero-order valence-electron chi connectivity index (χ0n) is 9.68. The number of carbonyl (C=O) groups excluding carboxylic acids is 1. The van der Waals surface area contributed by atoms with Gasteiger partial charge >= 0.3 is 0 Å². The summed E-state index contributed by atoms with van der Waals surface area (Å²) in [5.41, 5.74) is -1.30. The van der Waals surface area contributed by atoms with Gasteiger partial charge < -0.3 is 10.0 Å². The molecule has 1 aromatic carbocycles. The predicted octanol–water partition coefficient (Wildman–Crippen LogP) is 1.08. The molecule has 6 nitrogen and oxygen atoms in total. The van der Waals surface area contributed by atoms with Gasteiger partial charge in [-0.05, 0) is 12.5 Å². The second-order valence-corrected chi connectivity index (χ2v) is 4.23. The monoisotopic (exact) mass is 272 g/mol. The minimum atomic E-state index is -1.38. The zero-order valence-corrected chi connectivity index (χ0v) is 9.68. The fraction of sp³-hybridized carbons (Fsp3) is 0.364. The third kappa shape index (κ3) is 2.53. The lowest BCUT2D eigenvalue weighted by molar-refractivity contribution is -0.385. The molecule has 0 saturated carbocycles. The molecule has 1 fully saturated rings. The van der Waals surface area contributed by atoms with Gasteiger partial charge in [-0.2, -0.15) is 0 Å².